The Labute approximate surface area is 125 Å². The Morgan fingerprint density at radius 1 is 0.952 bits per heavy atom. The lowest BCUT2D eigenvalue weighted by Crippen LogP contribution is -2.90. The Hall–Kier alpha value is -1.84. The quantitative estimate of drug-likeness (QED) is 0.740. The minimum atomic E-state index is -0.341. The van der Waals surface area contributed by atoms with Gasteiger partial charge in [0.05, 0.1) is 12.6 Å². The maximum atomic E-state index is 10.3. The number of hydrogen-bond donors (Lipinski definition) is 2. The predicted octanol–water partition coefficient (Wildman–Crippen LogP) is 2.13. The summed E-state index contributed by atoms with van der Waals surface area (Å²) in [5.41, 5.74) is 2.39. The largest absolute Gasteiger partial charge is 0.385 e. The maximum Gasteiger partial charge on any atom is 0.121 e. The smallest absolute Gasteiger partial charge is 0.121 e. The molecular formula is C18H23N2O+. The molecule has 3 aromatic rings. The van der Waals surface area contributed by atoms with Crippen molar-refractivity contribution in [3.05, 3.63) is 48.5 Å². The number of fused-ring (bicyclic) bond motifs is 3. The van der Waals surface area contributed by atoms with E-state index in [9.17, 15) is 5.11 Å². The highest BCUT2D eigenvalue weighted by Crippen LogP contribution is 2.28. The van der Waals surface area contributed by atoms with Crippen LogP contribution in [0.4, 0.5) is 0 Å². The molecule has 3 heteroatoms. The van der Waals surface area contributed by atoms with E-state index >= 15 is 0 Å². The lowest BCUT2D eigenvalue weighted by Gasteiger charge is -2.14. The van der Waals surface area contributed by atoms with Gasteiger partial charge in [-0.2, -0.15) is 0 Å². The zero-order valence-electron chi connectivity index (χ0n) is 12.7. The van der Waals surface area contributed by atoms with Crippen molar-refractivity contribution >= 4 is 21.8 Å². The third-order valence-corrected chi connectivity index (χ3v) is 3.95. The number of nitrogens with zero attached hydrogens (tertiary/aromatic N) is 1. The first-order valence-corrected chi connectivity index (χ1v) is 7.64. The molecule has 1 aromatic heterocycles. The fraction of sp³-hybridized carbons (Fsp3) is 0.333. The fourth-order valence-corrected chi connectivity index (χ4v) is 2.91. The summed E-state index contributed by atoms with van der Waals surface area (Å²) in [6.45, 7) is 5.66. The fourth-order valence-electron chi connectivity index (χ4n) is 2.91. The SMILES string of the molecule is CC(C)[NH2+]C[C@H](O)Cn1c2ccccc2c2ccccc21. The van der Waals surface area contributed by atoms with Crippen LogP contribution in [-0.2, 0) is 6.54 Å². The van der Waals surface area contributed by atoms with Gasteiger partial charge in [0.2, 0.25) is 0 Å². The molecule has 0 saturated carbocycles. The molecule has 0 unspecified atom stereocenters. The number of rotatable bonds is 5. The zero-order valence-corrected chi connectivity index (χ0v) is 12.7. The maximum absolute atomic E-state index is 10.3. The van der Waals surface area contributed by atoms with Gasteiger partial charge in [-0.25, -0.2) is 0 Å². The van der Waals surface area contributed by atoms with Crippen molar-refractivity contribution < 1.29 is 10.4 Å². The molecule has 3 N–H and O–H groups in total. The molecule has 3 nitrogen and oxygen atoms in total. The molecule has 0 aliphatic rings. The lowest BCUT2D eigenvalue weighted by molar-refractivity contribution is -0.688. The minimum absolute atomic E-state index is 0.341. The van der Waals surface area contributed by atoms with Gasteiger partial charge in [-0.3, -0.25) is 0 Å². The molecule has 2 aromatic carbocycles. The van der Waals surface area contributed by atoms with Crippen molar-refractivity contribution in [3.63, 3.8) is 0 Å². The van der Waals surface area contributed by atoms with E-state index in [1.807, 2.05) is 0 Å². The molecule has 21 heavy (non-hydrogen) atoms. The summed E-state index contributed by atoms with van der Waals surface area (Å²) in [5.74, 6) is 0. The Morgan fingerprint density at radius 3 is 2.00 bits per heavy atom. The average molecular weight is 283 g/mol. The monoisotopic (exact) mass is 283 g/mol. The Bertz CT molecular complexity index is 692. The van der Waals surface area contributed by atoms with Gasteiger partial charge in [0, 0.05) is 21.8 Å². The number of aliphatic hydroxyl groups excluding tert-OH is 1. The molecule has 1 heterocycles. The topological polar surface area (TPSA) is 41.8 Å². The van der Waals surface area contributed by atoms with Crippen molar-refractivity contribution in [2.75, 3.05) is 6.54 Å². The minimum Gasteiger partial charge on any atom is -0.385 e. The summed E-state index contributed by atoms with van der Waals surface area (Å²) in [6, 6.07) is 17.3. The lowest BCUT2D eigenvalue weighted by atomic mass is 10.2. The Balaban J connectivity index is 1.99. The first-order valence-electron chi connectivity index (χ1n) is 7.64. The molecule has 0 aliphatic heterocycles. The van der Waals surface area contributed by atoms with Gasteiger partial charge in [-0.15, -0.1) is 0 Å². The number of hydrogen-bond acceptors (Lipinski definition) is 1. The molecule has 0 amide bonds. The first kappa shape index (κ1) is 14.1. The number of benzene rings is 2. The van der Waals surface area contributed by atoms with Crippen molar-refractivity contribution in [2.45, 2.75) is 32.5 Å². The van der Waals surface area contributed by atoms with E-state index in [0.717, 1.165) is 6.54 Å². The van der Waals surface area contributed by atoms with E-state index in [-0.39, 0.29) is 6.10 Å². The van der Waals surface area contributed by atoms with Gasteiger partial charge < -0.3 is 15.0 Å². The molecule has 0 saturated heterocycles. The normalized spacial score (nSPS) is 13.3. The summed E-state index contributed by atoms with van der Waals surface area (Å²) >= 11 is 0. The highest BCUT2D eigenvalue weighted by atomic mass is 16.3. The molecule has 3 rings (SSSR count). The van der Waals surface area contributed by atoms with E-state index in [1.54, 1.807) is 0 Å². The summed E-state index contributed by atoms with van der Waals surface area (Å²) in [7, 11) is 0. The Kier molecular flexibility index (Phi) is 3.95. The third-order valence-electron chi connectivity index (χ3n) is 3.95. The van der Waals surface area contributed by atoms with Crippen molar-refractivity contribution in [2.24, 2.45) is 0 Å². The van der Waals surface area contributed by atoms with Crippen LogP contribution >= 0.6 is 0 Å². The molecule has 0 aliphatic carbocycles. The van der Waals surface area contributed by atoms with Crippen LogP contribution in [0.15, 0.2) is 48.5 Å². The predicted molar refractivity (Wildman–Crippen MR) is 87.4 cm³/mol. The van der Waals surface area contributed by atoms with Crippen LogP contribution in [0.25, 0.3) is 21.8 Å². The van der Waals surface area contributed by atoms with Crippen LogP contribution < -0.4 is 5.32 Å². The number of aromatic nitrogens is 1. The molecule has 0 radical (unpaired) electrons. The van der Waals surface area contributed by atoms with Gasteiger partial charge in [-0.05, 0) is 26.0 Å². The Morgan fingerprint density at radius 2 is 1.48 bits per heavy atom. The second-order valence-electron chi connectivity index (χ2n) is 6.01. The highest BCUT2D eigenvalue weighted by molar-refractivity contribution is 6.07. The summed E-state index contributed by atoms with van der Waals surface area (Å²) in [6.07, 6.45) is -0.341. The van der Waals surface area contributed by atoms with Crippen LogP contribution in [0.1, 0.15) is 13.8 Å². The zero-order chi connectivity index (χ0) is 14.8. The van der Waals surface area contributed by atoms with Gasteiger partial charge in [0.15, 0.2) is 0 Å². The molecule has 0 bridgehead atoms. The first-order chi connectivity index (χ1) is 10.2. The molecule has 1 atom stereocenters. The molecule has 0 fully saturated rings. The van der Waals surface area contributed by atoms with Crippen molar-refractivity contribution in [1.29, 1.82) is 0 Å². The van der Waals surface area contributed by atoms with Crippen LogP contribution in [0, 0.1) is 0 Å². The van der Waals surface area contributed by atoms with Crippen molar-refractivity contribution in [1.82, 2.24) is 4.57 Å². The van der Waals surface area contributed by atoms with Gasteiger partial charge in [0.1, 0.15) is 12.6 Å². The van der Waals surface area contributed by atoms with Crippen LogP contribution in [-0.4, -0.2) is 28.4 Å². The van der Waals surface area contributed by atoms with E-state index in [4.69, 9.17) is 0 Å². The molecule has 110 valence electrons. The second-order valence-corrected chi connectivity index (χ2v) is 6.01. The highest BCUT2D eigenvalue weighted by Gasteiger charge is 2.14. The van der Waals surface area contributed by atoms with E-state index in [0.29, 0.717) is 12.6 Å². The van der Waals surface area contributed by atoms with E-state index in [1.165, 1.54) is 21.8 Å². The average Bonchev–Trinajstić information content (AvgIpc) is 2.80. The number of quaternary nitrogens is 1. The number of para-hydroxylation sites is 2. The molecule has 0 spiro atoms. The summed E-state index contributed by atoms with van der Waals surface area (Å²) in [4.78, 5) is 0. The number of aliphatic hydroxyl groups is 1. The third kappa shape index (κ3) is 2.80. The van der Waals surface area contributed by atoms with Gasteiger partial charge in [-0.1, -0.05) is 36.4 Å². The van der Waals surface area contributed by atoms with Crippen molar-refractivity contribution in [3.8, 4) is 0 Å². The van der Waals surface area contributed by atoms with E-state index < -0.39 is 0 Å². The van der Waals surface area contributed by atoms with Crippen LogP contribution in [0.5, 0.6) is 0 Å². The summed E-state index contributed by atoms with van der Waals surface area (Å²) < 4.78 is 2.24. The van der Waals surface area contributed by atoms with Crippen LogP contribution in [0.3, 0.4) is 0 Å². The van der Waals surface area contributed by atoms with Crippen LogP contribution in [0.2, 0.25) is 0 Å². The van der Waals surface area contributed by atoms with Gasteiger partial charge >= 0.3 is 0 Å². The standard InChI is InChI=1S/C18H22N2O/c1-13(2)19-11-14(21)12-20-17-9-5-3-7-15(17)16-8-4-6-10-18(16)20/h3-10,13-14,19,21H,11-12H2,1-2H3/p+1/t14-/m0/s1. The van der Waals surface area contributed by atoms with Gasteiger partial charge in [0.25, 0.3) is 0 Å². The van der Waals surface area contributed by atoms with E-state index in [2.05, 4.69) is 72.3 Å². The second kappa shape index (κ2) is 5.88. The number of nitrogens with two attached hydrogens (primary N) is 1. The summed E-state index contributed by atoms with van der Waals surface area (Å²) in [5, 5.41) is 15.0. The molecular weight excluding hydrogens is 260 g/mol.